The highest BCUT2D eigenvalue weighted by molar-refractivity contribution is 6.13. The topological polar surface area (TPSA) is 67.9 Å². The number of ether oxygens (including phenoxy) is 2. The Morgan fingerprint density at radius 2 is 1.78 bits per heavy atom. The molecule has 1 heterocycles. The molecule has 1 saturated heterocycles. The van der Waals surface area contributed by atoms with Crippen molar-refractivity contribution in [3.05, 3.63) is 59.8 Å². The van der Waals surface area contributed by atoms with E-state index >= 15 is 0 Å². The van der Waals surface area contributed by atoms with Crippen LogP contribution in [0.25, 0.3) is 6.08 Å². The fourth-order valence-corrected chi connectivity index (χ4v) is 2.71. The molecule has 1 aliphatic rings. The van der Waals surface area contributed by atoms with Crippen LogP contribution in [-0.2, 0) is 4.79 Å². The molecule has 0 radical (unpaired) electrons. The molecule has 140 valence electrons. The Kier molecular flexibility index (Phi) is 5.76. The van der Waals surface area contributed by atoms with Crippen molar-refractivity contribution in [2.75, 3.05) is 13.7 Å². The third-order valence-corrected chi connectivity index (χ3v) is 4.16. The predicted octanol–water partition coefficient (Wildman–Crippen LogP) is 4.18. The number of hydrogen-bond acceptors (Lipinski definition) is 4. The van der Waals surface area contributed by atoms with Crippen LogP contribution in [0.2, 0.25) is 0 Å². The van der Waals surface area contributed by atoms with Crippen molar-refractivity contribution in [1.29, 1.82) is 0 Å². The van der Waals surface area contributed by atoms with E-state index in [9.17, 15) is 9.59 Å². The zero-order valence-corrected chi connectivity index (χ0v) is 15.4. The van der Waals surface area contributed by atoms with Gasteiger partial charge in [-0.3, -0.25) is 9.69 Å². The lowest BCUT2D eigenvalue weighted by Gasteiger charge is -2.10. The molecule has 0 spiro atoms. The molecular formula is C21H22N2O4. The molecule has 27 heavy (non-hydrogen) atoms. The molecule has 0 aromatic heterocycles. The Morgan fingerprint density at radius 1 is 1.04 bits per heavy atom. The molecule has 1 fully saturated rings. The number of amides is 3. The molecule has 0 unspecified atom stereocenters. The fraction of sp³-hybridized carbons (Fsp3) is 0.238. The largest absolute Gasteiger partial charge is 0.497 e. The first-order valence-corrected chi connectivity index (χ1v) is 8.87. The fourth-order valence-electron chi connectivity index (χ4n) is 2.71. The van der Waals surface area contributed by atoms with Gasteiger partial charge >= 0.3 is 6.03 Å². The molecule has 0 saturated carbocycles. The Morgan fingerprint density at radius 3 is 2.48 bits per heavy atom. The highest BCUT2D eigenvalue weighted by Crippen LogP contribution is 2.25. The molecule has 2 aromatic rings. The van der Waals surface area contributed by atoms with Crippen molar-refractivity contribution in [2.45, 2.75) is 19.8 Å². The molecule has 0 atom stereocenters. The van der Waals surface area contributed by atoms with Gasteiger partial charge in [0.05, 0.1) is 7.11 Å². The number of methoxy groups -OCH3 is 1. The van der Waals surface area contributed by atoms with Gasteiger partial charge in [0.1, 0.15) is 22.9 Å². The Labute approximate surface area is 158 Å². The zero-order valence-electron chi connectivity index (χ0n) is 15.4. The smallest absolute Gasteiger partial charge is 0.329 e. The first kappa shape index (κ1) is 18.5. The second-order valence-corrected chi connectivity index (χ2v) is 6.15. The molecule has 6 nitrogen and oxygen atoms in total. The summed E-state index contributed by atoms with van der Waals surface area (Å²) in [6.07, 6.45) is 3.37. The summed E-state index contributed by atoms with van der Waals surface area (Å²) in [5.41, 5.74) is 1.04. The van der Waals surface area contributed by atoms with Crippen LogP contribution < -0.4 is 14.8 Å². The average molecular weight is 366 g/mol. The van der Waals surface area contributed by atoms with Crippen LogP contribution in [0.5, 0.6) is 17.2 Å². The van der Waals surface area contributed by atoms with Crippen molar-refractivity contribution in [1.82, 2.24) is 10.2 Å². The lowest BCUT2D eigenvalue weighted by molar-refractivity contribution is -0.122. The molecule has 1 aliphatic heterocycles. The van der Waals surface area contributed by atoms with E-state index in [2.05, 4.69) is 5.32 Å². The zero-order chi connectivity index (χ0) is 19.2. The van der Waals surface area contributed by atoms with Crippen LogP contribution in [0.3, 0.4) is 0 Å². The van der Waals surface area contributed by atoms with Crippen LogP contribution in [-0.4, -0.2) is 30.5 Å². The molecule has 2 aromatic carbocycles. The van der Waals surface area contributed by atoms with Gasteiger partial charge < -0.3 is 14.8 Å². The Balaban J connectivity index is 1.74. The average Bonchev–Trinajstić information content (AvgIpc) is 2.94. The van der Waals surface area contributed by atoms with Gasteiger partial charge in [0, 0.05) is 6.54 Å². The summed E-state index contributed by atoms with van der Waals surface area (Å²) in [5, 5.41) is 2.64. The Bertz CT molecular complexity index is 859. The summed E-state index contributed by atoms with van der Waals surface area (Å²) in [7, 11) is 1.61. The van der Waals surface area contributed by atoms with E-state index in [4.69, 9.17) is 9.47 Å². The predicted molar refractivity (Wildman–Crippen MR) is 103 cm³/mol. The second-order valence-electron chi connectivity index (χ2n) is 6.15. The number of nitrogens with zero attached hydrogens (tertiary/aromatic N) is 1. The van der Waals surface area contributed by atoms with E-state index in [1.165, 1.54) is 4.90 Å². The monoisotopic (exact) mass is 366 g/mol. The van der Waals surface area contributed by atoms with E-state index in [0.717, 1.165) is 24.2 Å². The summed E-state index contributed by atoms with van der Waals surface area (Å²) >= 11 is 0. The number of urea groups is 1. The first-order valence-electron chi connectivity index (χ1n) is 8.87. The SMILES string of the molecule is CCCCN1C(=O)NC(=Cc2cccc(Oc3ccc(OC)cc3)c2)C1=O. The lowest BCUT2D eigenvalue weighted by Crippen LogP contribution is -2.31. The van der Waals surface area contributed by atoms with E-state index in [0.29, 0.717) is 18.0 Å². The summed E-state index contributed by atoms with van der Waals surface area (Å²) in [6.45, 7) is 2.45. The third-order valence-electron chi connectivity index (χ3n) is 4.16. The van der Waals surface area contributed by atoms with Gasteiger partial charge in [-0.2, -0.15) is 0 Å². The maximum atomic E-state index is 12.4. The van der Waals surface area contributed by atoms with Gasteiger partial charge in [0.2, 0.25) is 0 Å². The van der Waals surface area contributed by atoms with Crippen LogP contribution in [0, 0.1) is 0 Å². The van der Waals surface area contributed by atoms with E-state index in [-0.39, 0.29) is 17.6 Å². The summed E-state index contributed by atoms with van der Waals surface area (Å²) in [6, 6.07) is 14.2. The van der Waals surface area contributed by atoms with E-state index < -0.39 is 0 Å². The summed E-state index contributed by atoms with van der Waals surface area (Å²) in [4.78, 5) is 25.6. The minimum atomic E-state index is -0.370. The van der Waals surface area contributed by atoms with Gasteiger partial charge in [-0.25, -0.2) is 4.79 Å². The van der Waals surface area contributed by atoms with Crippen molar-refractivity contribution < 1.29 is 19.1 Å². The van der Waals surface area contributed by atoms with Gasteiger partial charge in [0.15, 0.2) is 0 Å². The van der Waals surface area contributed by atoms with Gasteiger partial charge in [-0.1, -0.05) is 25.5 Å². The van der Waals surface area contributed by atoms with E-state index in [1.807, 2.05) is 55.5 Å². The highest BCUT2D eigenvalue weighted by Gasteiger charge is 2.32. The molecule has 1 N–H and O–H groups in total. The molecule has 3 rings (SSSR count). The standard InChI is InChI=1S/C21H22N2O4/c1-3-4-12-23-20(24)19(22-21(23)25)14-15-6-5-7-18(13-15)27-17-10-8-16(26-2)9-11-17/h5-11,13-14H,3-4,12H2,1-2H3,(H,22,25). The quantitative estimate of drug-likeness (QED) is 0.590. The van der Waals surface area contributed by atoms with Crippen LogP contribution >= 0.6 is 0 Å². The van der Waals surface area contributed by atoms with Crippen LogP contribution in [0.4, 0.5) is 4.79 Å². The summed E-state index contributed by atoms with van der Waals surface area (Å²) in [5.74, 6) is 1.77. The number of nitrogens with one attached hydrogen (secondary N) is 1. The first-order chi connectivity index (χ1) is 13.1. The molecule has 0 bridgehead atoms. The normalized spacial score (nSPS) is 15.2. The highest BCUT2D eigenvalue weighted by atomic mass is 16.5. The maximum absolute atomic E-state index is 12.4. The third kappa shape index (κ3) is 4.47. The minimum absolute atomic E-state index is 0.276. The lowest BCUT2D eigenvalue weighted by atomic mass is 10.1. The number of benzene rings is 2. The molecule has 6 heteroatoms. The van der Waals surface area contributed by atoms with Gasteiger partial charge in [-0.05, 0) is 54.5 Å². The van der Waals surface area contributed by atoms with Crippen molar-refractivity contribution in [3.63, 3.8) is 0 Å². The number of imide groups is 1. The number of rotatable bonds is 7. The molecular weight excluding hydrogens is 344 g/mol. The van der Waals surface area contributed by atoms with E-state index in [1.54, 1.807) is 13.2 Å². The van der Waals surface area contributed by atoms with Crippen LogP contribution in [0.15, 0.2) is 54.2 Å². The van der Waals surface area contributed by atoms with Crippen molar-refractivity contribution >= 4 is 18.0 Å². The van der Waals surface area contributed by atoms with Crippen molar-refractivity contribution in [3.8, 4) is 17.2 Å². The number of carbonyl (C=O) groups excluding carboxylic acids is 2. The Hall–Kier alpha value is -3.28. The van der Waals surface area contributed by atoms with Crippen molar-refractivity contribution in [2.24, 2.45) is 0 Å². The molecule has 0 aliphatic carbocycles. The number of hydrogen-bond donors (Lipinski definition) is 1. The number of carbonyl (C=O) groups is 2. The number of unbranched alkanes of at least 4 members (excludes halogenated alkanes) is 1. The minimum Gasteiger partial charge on any atom is -0.497 e. The van der Waals surface area contributed by atoms with Crippen LogP contribution in [0.1, 0.15) is 25.3 Å². The summed E-state index contributed by atoms with van der Waals surface area (Å²) < 4.78 is 11.0. The second kappa shape index (κ2) is 8.40. The molecule has 3 amide bonds. The maximum Gasteiger partial charge on any atom is 0.329 e. The van der Waals surface area contributed by atoms with Gasteiger partial charge in [-0.15, -0.1) is 0 Å². The van der Waals surface area contributed by atoms with Gasteiger partial charge in [0.25, 0.3) is 5.91 Å².